The molecule has 0 fully saturated rings. The van der Waals surface area contributed by atoms with Gasteiger partial charge in [0.2, 0.25) is 5.60 Å². The van der Waals surface area contributed by atoms with E-state index < -0.39 is 17.5 Å². The Morgan fingerprint density at radius 1 is 0.818 bits per heavy atom. The first-order valence-electron chi connectivity index (χ1n) is 8.85. The standard InChI is InChI=1S/C18H34O4/c1-4-5-6-7-8-9-10-11-12-13-14-15-16(19)22-18(2,3)17(20)21/h4-15H2,1-3H3,(H,20,21). The van der Waals surface area contributed by atoms with Gasteiger partial charge in [-0.15, -0.1) is 0 Å². The zero-order valence-corrected chi connectivity index (χ0v) is 14.7. The van der Waals surface area contributed by atoms with E-state index in [0.29, 0.717) is 6.42 Å². The molecule has 0 saturated heterocycles. The average molecular weight is 314 g/mol. The highest BCUT2D eigenvalue weighted by molar-refractivity contribution is 5.81. The van der Waals surface area contributed by atoms with Crippen LogP contribution in [0, 0.1) is 0 Å². The maximum absolute atomic E-state index is 11.5. The molecule has 0 atom stereocenters. The summed E-state index contributed by atoms with van der Waals surface area (Å²) in [7, 11) is 0. The fraction of sp³-hybridized carbons (Fsp3) is 0.889. The Bertz CT molecular complexity index is 310. The molecule has 0 aromatic rings. The van der Waals surface area contributed by atoms with Crippen LogP contribution in [0.2, 0.25) is 0 Å². The minimum absolute atomic E-state index is 0.313. The maximum Gasteiger partial charge on any atom is 0.347 e. The fourth-order valence-electron chi connectivity index (χ4n) is 2.31. The molecule has 0 radical (unpaired) electrons. The third-order valence-electron chi connectivity index (χ3n) is 3.87. The lowest BCUT2D eigenvalue weighted by molar-refractivity contribution is -0.174. The summed E-state index contributed by atoms with van der Waals surface area (Å²) < 4.78 is 4.95. The Kier molecular flexibility index (Phi) is 11.9. The number of ether oxygens (including phenoxy) is 1. The molecular weight excluding hydrogens is 280 g/mol. The molecule has 0 saturated carbocycles. The third-order valence-corrected chi connectivity index (χ3v) is 3.87. The number of carboxylic acid groups (broad SMARTS) is 1. The highest BCUT2D eigenvalue weighted by atomic mass is 16.6. The summed E-state index contributed by atoms with van der Waals surface area (Å²) in [4.78, 5) is 22.4. The highest BCUT2D eigenvalue weighted by Gasteiger charge is 2.31. The predicted octanol–water partition coefficient (Wildman–Crippen LogP) is 5.09. The van der Waals surface area contributed by atoms with Gasteiger partial charge in [0.25, 0.3) is 0 Å². The quantitative estimate of drug-likeness (QED) is 0.358. The summed E-state index contributed by atoms with van der Waals surface area (Å²) in [5.41, 5.74) is -1.42. The van der Waals surface area contributed by atoms with Gasteiger partial charge < -0.3 is 9.84 Å². The van der Waals surface area contributed by atoms with Gasteiger partial charge in [-0.2, -0.15) is 0 Å². The van der Waals surface area contributed by atoms with Crippen LogP contribution >= 0.6 is 0 Å². The van der Waals surface area contributed by atoms with Crippen molar-refractivity contribution in [1.29, 1.82) is 0 Å². The van der Waals surface area contributed by atoms with Gasteiger partial charge in [-0.25, -0.2) is 4.79 Å². The van der Waals surface area contributed by atoms with Gasteiger partial charge in [0.15, 0.2) is 0 Å². The number of carbonyl (C=O) groups excluding carboxylic acids is 1. The molecule has 1 N–H and O–H groups in total. The summed E-state index contributed by atoms with van der Waals surface area (Å²) in [6.07, 6.45) is 13.8. The van der Waals surface area contributed by atoms with Crippen LogP contribution in [0.5, 0.6) is 0 Å². The molecule has 0 aliphatic rings. The molecule has 0 rings (SSSR count). The van der Waals surface area contributed by atoms with E-state index in [-0.39, 0.29) is 0 Å². The van der Waals surface area contributed by atoms with Crippen molar-refractivity contribution < 1.29 is 19.4 Å². The molecule has 0 bridgehead atoms. The van der Waals surface area contributed by atoms with E-state index in [1.54, 1.807) is 0 Å². The second kappa shape index (κ2) is 12.5. The number of carbonyl (C=O) groups is 2. The van der Waals surface area contributed by atoms with E-state index in [0.717, 1.165) is 19.3 Å². The Balaban J connectivity index is 3.39. The second-order valence-corrected chi connectivity index (χ2v) is 6.58. The van der Waals surface area contributed by atoms with Crippen LogP contribution in [-0.4, -0.2) is 22.6 Å². The molecule has 4 heteroatoms. The normalized spacial score (nSPS) is 11.4. The van der Waals surface area contributed by atoms with Gasteiger partial charge >= 0.3 is 11.9 Å². The molecule has 0 amide bonds. The number of aliphatic carboxylic acids is 1. The Morgan fingerprint density at radius 3 is 1.64 bits per heavy atom. The molecule has 0 unspecified atom stereocenters. The van der Waals surface area contributed by atoms with Gasteiger partial charge in [-0.3, -0.25) is 4.79 Å². The average Bonchev–Trinajstić information content (AvgIpc) is 2.44. The lowest BCUT2D eigenvalue weighted by atomic mass is 10.1. The first-order valence-corrected chi connectivity index (χ1v) is 8.85. The van der Waals surface area contributed by atoms with Crippen LogP contribution in [0.1, 0.15) is 97.8 Å². The summed E-state index contributed by atoms with van der Waals surface area (Å²) in [6, 6.07) is 0. The van der Waals surface area contributed by atoms with Crippen molar-refractivity contribution in [2.75, 3.05) is 0 Å². The lowest BCUT2D eigenvalue weighted by Crippen LogP contribution is -2.36. The first kappa shape index (κ1) is 20.9. The van der Waals surface area contributed by atoms with Gasteiger partial charge in [0.05, 0.1) is 0 Å². The van der Waals surface area contributed by atoms with Crippen molar-refractivity contribution in [2.24, 2.45) is 0 Å². The Labute approximate surface area is 135 Å². The molecule has 4 nitrogen and oxygen atoms in total. The van der Waals surface area contributed by atoms with Crippen molar-refractivity contribution >= 4 is 11.9 Å². The summed E-state index contributed by atoms with van der Waals surface area (Å²) >= 11 is 0. The smallest absolute Gasteiger partial charge is 0.347 e. The molecule has 0 heterocycles. The number of carboxylic acids is 1. The van der Waals surface area contributed by atoms with Crippen molar-refractivity contribution in [3.63, 3.8) is 0 Å². The third kappa shape index (κ3) is 11.6. The number of hydrogen-bond acceptors (Lipinski definition) is 3. The summed E-state index contributed by atoms with van der Waals surface area (Å²) in [5.74, 6) is -1.52. The van der Waals surface area contributed by atoms with E-state index >= 15 is 0 Å². The highest BCUT2D eigenvalue weighted by Crippen LogP contribution is 2.14. The predicted molar refractivity (Wildman–Crippen MR) is 88.9 cm³/mol. The molecule has 22 heavy (non-hydrogen) atoms. The van der Waals surface area contributed by atoms with Gasteiger partial charge in [-0.05, 0) is 20.3 Å². The zero-order valence-electron chi connectivity index (χ0n) is 14.7. The summed E-state index contributed by atoms with van der Waals surface area (Å²) in [5, 5.41) is 8.87. The zero-order chi connectivity index (χ0) is 16.8. The molecule has 0 aliphatic carbocycles. The molecule has 0 aliphatic heterocycles. The number of hydrogen-bond donors (Lipinski definition) is 1. The van der Waals surface area contributed by atoms with Crippen LogP contribution in [0.3, 0.4) is 0 Å². The largest absolute Gasteiger partial charge is 0.478 e. The van der Waals surface area contributed by atoms with Crippen LogP contribution < -0.4 is 0 Å². The van der Waals surface area contributed by atoms with E-state index in [2.05, 4.69) is 6.92 Å². The van der Waals surface area contributed by atoms with E-state index in [1.807, 2.05) is 0 Å². The van der Waals surface area contributed by atoms with Crippen LogP contribution in [0.15, 0.2) is 0 Å². The number of unbranched alkanes of at least 4 members (excludes halogenated alkanes) is 10. The SMILES string of the molecule is CCCCCCCCCCCCCC(=O)OC(C)(C)C(=O)O. The van der Waals surface area contributed by atoms with Crippen molar-refractivity contribution in [1.82, 2.24) is 0 Å². The van der Waals surface area contributed by atoms with Crippen molar-refractivity contribution in [3.05, 3.63) is 0 Å². The van der Waals surface area contributed by atoms with Crippen LogP contribution in [0.25, 0.3) is 0 Å². The topological polar surface area (TPSA) is 63.6 Å². The van der Waals surface area contributed by atoms with Gasteiger partial charge in [0.1, 0.15) is 0 Å². The monoisotopic (exact) mass is 314 g/mol. The van der Waals surface area contributed by atoms with Crippen molar-refractivity contribution in [2.45, 2.75) is 103 Å². The maximum atomic E-state index is 11.5. The fourth-order valence-corrected chi connectivity index (χ4v) is 2.31. The summed E-state index contributed by atoms with van der Waals surface area (Å²) in [6.45, 7) is 5.03. The Morgan fingerprint density at radius 2 is 1.23 bits per heavy atom. The van der Waals surface area contributed by atoms with E-state index in [1.165, 1.54) is 65.2 Å². The second-order valence-electron chi connectivity index (χ2n) is 6.58. The molecule has 0 aromatic carbocycles. The van der Waals surface area contributed by atoms with Gasteiger partial charge in [-0.1, -0.05) is 71.1 Å². The molecule has 0 aromatic heterocycles. The van der Waals surface area contributed by atoms with Crippen molar-refractivity contribution in [3.8, 4) is 0 Å². The number of esters is 1. The molecule has 130 valence electrons. The van der Waals surface area contributed by atoms with Crippen LogP contribution in [0.4, 0.5) is 0 Å². The lowest BCUT2D eigenvalue weighted by Gasteiger charge is -2.19. The van der Waals surface area contributed by atoms with Gasteiger partial charge in [0, 0.05) is 6.42 Å². The molecule has 0 spiro atoms. The number of rotatable bonds is 14. The first-order chi connectivity index (χ1) is 10.4. The van der Waals surface area contributed by atoms with E-state index in [4.69, 9.17) is 9.84 Å². The Hall–Kier alpha value is -1.06. The van der Waals surface area contributed by atoms with Crippen LogP contribution in [-0.2, 0) is 14.3 Å². The minimum Gasteiger partial charge on any atom is -0.478 e. The van der Waals surface area contributed by atoms with E-state index in [9.17, 15) is 9.59 Å². The minimum atomic E-state index is -1.42. The molecular formula is C18H34O4.